The van der Waals surface area contributed by atoms with Gasteiger partial charge in [0.1, 0.15) is 5.52 Å². The van der Waals surface area contributed by atoms with Gasteiger partial charge in [0.2, 0.25) is 0 Å². The van der Waals surface area contributed by atoms with Gasteiger partial charge in [0.15, 0.2) is 10.8 Å². The number of aliphatic carboxylic acids is 1. The fourth-order valence-electron chi connectivity index (χ4n) is 2.07. The molecule has 6 nitrogen and oxygen atoms in total. The van der Waals surface area contributed by atoms with E-state index < -0.39 is 5.97 Å². The van der Waals surface area contributed by atoms with Gasteiger partial charge in [-0.1, -0.05) is 11.8 Å². The van der Waals surface area contributed by atoms with Crippen molar-refractivity contribution in [3.63, 3.8) is 0 Å². The van der Waals surface area contributed by atoms with E-state index in [9.17, 15) is 4.79 Å². The van der Waals surface area contributed by atoms with Crippen LogP contribution in [0.4, 0.5) is 0 Å². The molecule has 114 valence electrons. The first-order valence-electron chi connectivity index (χ1n) is 6.79. The van der Waals surface area contributed by atoms with Gasteiger partial charge in [0.05, 0.1) is 5.75 Å². The average molecular weight is 309 g/mol. The highest BCUT2D eigenvalue weighted by molar-refractivity contribution is 7.99. The van der Waals surface area contributed by atoms with Crippen LogP contribution in [0.15, 0.2) is 17.4 Å². The van der Waals surface area contributed by atoms with Crippen molar-refractivity contribution >= 4 is 28.9 Å². The molecule has 0 saturated carbocycles. The molecule has 0 aromatic carbocycles. The molecule has 0 atom stereocenters. The molecular formula is C14H19N3O3S. The fourth-order valence-corrected chi connectivity index (χ4v) is 2.81. The molecule has 2 aromatic heterocycles. The first-order chi connectivity index (χ1) is 10.1. The Morgan fingerprint density at radius 2 is 2.29 bits per heavy atom. The van der Waals surface area contributed by atoms with Crippen LogP contribution in [0.2, 0.25) is 0 Å². The fraction of sp³-hybridized carbons (Fsp3) is 0.500. The maximum absolute atomic E-state index is 10.8. The quantitative estimate of drug-likeness (QED) is 0.596. The molecular weight excluding hydrogens is 290 g/mol. The topological polar surface area (TPSA) is 77.2 Å². The number of rotatable bonds is 8. The van der Waals surface area contributed by atoms with E-state index in [-0.39, 0.29) is 5.75 Å². The molecule has 0 unspecified atom stereocenters. The molecule has 0 aliphatic rings. The molecule has 0 spiro atoms. The summed E-state index contributed by atoms with van der Waals surface area (Å²) in [5.41, 5.74) is 2.71. The zero-order valence-corrected chi connectivity index (χ0v) is 13.0. The minimum absolute atomic E-state index is 0.000437. The summed E-state index contributed by atoms with van der Waals surface area (Å²) in [5, 5.41) is 9.57. The monoisotopic (exact) mass is 309 g/mol. The van der Waals surface area contributed by atoms with Crippen LogP contribution in [-0.4, -0.2) is 45.1 Å². The van der Waals surface area contributed by atoms with Crippen molar-refractivity contribution in [2.45, 2.75) is 31.5 Å². The lowest BCUT2D eigenvalue weighted by molar-refractivity contribution is -0.133. The van der Waals surface area contributed by atoms with Crippen molar-refractivity contribution in [3.05, 3.63) is 17.8 Å². The van der Waals surface area contributed by atoms with Crippen LogP contribution in [0.1, 0.15) is 18.4 Å². The molecule has 2 rings (SSSR count). The minimum atomic E-state index is -0.845. The number of thioether (sulfide) groups is 1. The lowest BCUT2D eigenvalue weighted by atomic mass is 10.3. The summed E-state index contributed by atoms with van der Waals surface area (Å²) in [6.07, 6.45) is 3.65. The van der Waals surface area contributed by atoms with Crippen molar-refractivity contribution in [3.8, 4) is 0 Å². The zero-order chi connectivity index (χ0) is 15.2. The van der Waals surface area contributed by atoms with E-state index in [2.05, 4.69) is 9.97 Å². The van der Waals surface area contributed by atoms with Crippen molar-refractivity contribution in [1.29, 1.82) is 0 Å². The van der Waals surface area contributed by atoms with Crippen LogP contribution >= 0.6 is 11.8 Å². The standard InChI is InChI=1S/C14H19N3O3S/c1-10-5-6-15-13-12(10)16-14(21-9-11(18)19)17(13)7-3-4-8-20-2/h5-6H,3-4,7-9H2,1-2H3,(H,18,19). The average Bonchev–Trinajstić information content (AvgIpc) is 2.81. The number of imidazole rings is 1. The molecule has 2 heterocycles. The van der Waals surface area contributed by atoms with Crippen LogP contribution in [0.25, 0.3) is 11.2 Å². The van der Waals surface area contributed by atoms with Gasteiger partial charge in [-0.3, -0.25) is 4.79 Å². The number of pyridine rings is 1. The van der Waals surface area contributed by atoms with Gasteiger partial charge in [0, 0.05) is 26.5 Å². The molecule has 1 N–H and O–H groups in total. The predicted molar refractivity (Wildman–Crippen MR) is 81.7 cm³/mol. The number of carbonyl (C=O) groups is 1. The third-order valence-corrected chi connectivity index (χ3v) is 4.07. The highest BCUT2D eigenvalue weighted by Gasteiger charge is 2.14. The van der Waals surface area contributed by atoms with Gasteiger partial charge in [0.25, 0.3) is 0 Å². The molecule has 7 heteroatoms. The first kappa shape index (κ1) is 15.8. The molecule has 0 saturated heterocycles. The molecule has 0 aliphatic heterocycles. The molecule has 0 bridgehead atoms. The Labute approximate surface area is 127 Å². The van der Waals surface area contributed by atoms with E-state index >= 15 is 0 Å². The van der Waals surface area contributed by atoms with Gasteiger partial charge in [-0.05, 0) is 31.4 Å². The van der Waals surface area contributed by atoms with Crippen LogP contribution in [0.5, 0.6) is 0 Å². The SMILES string of the molecule is COCCCCn1c(SCC(=O)O)nc2c(C)ccnc21. The van der Waals surface area contributed by atoms with Gasteiger partial charge in [-0.2, -0.15) is 0 Å². The summed E-state index contributed by atoms with van der Waals surface area (Å²) >= 11 is 1.23. The number of ether oxygens (including phenoxy) is 1. The van der Waals surface area contributed by atoms with Crippen LogP contribution in [-0.2, 0) is 16.1 Å². The Morgan fingerprint density at radius 3 is 3.00 bits per heavy atom. The highest BCUT2D eigenvalue weighted by Crippen LogP contribution is 2.25. The molecule has 0 fully saturated rings. The van der Waals surface area contributed by atoms with Crippen LogP contribution < -0.4 is 0 Å². The summed E-state index contributed by atoms with van der Waals surface area (Å²) in [4.78, 5) is 19.7. The van der Waals surface area contributed by atoms with E-state index in [1.807, 2.05) is 17.6 Å². The highest BCUT2D eigenvalue weighted by atomic mass is 32.2. The van der Waals surface area contributed by atoms with Crippen molar-refractivity contribution in [2.24, 2.45) is 0 Å². The Morgan fingerprint density at radius 1 is 1.48 bits per heavy atom. The summed E-state index contributed by atoms with van der Waals surface area (Å²) in [7, 11) is 1.69. The number of carboxylic acids is 1. The summed E-state index contributed by atoms with van der Waals surface area (Å²) in [6, 6.07) is 1.91. The molecule has 0 amide bonds. The van der Waals surface area contributed by atoms with E-state index in [0.29, 0.717) is 5.16 Å². The summed E-state index contributed by atoms with van der Waals surface area (Å²) in [6.45, 7) is 3.47. The summed E-state index contributed by atoms with van der Waals surface area (Å²) in [5.74, 6) is -0.844. The normalized spacial score (nSPS) is 11.1. The maximum Gasteiger partial charge on any atom is 0.313 e. The molecule has 0 radical (unpaired) electrons. The number of methoxy groups -OCH3 is 1. The first-order valence-corrected chi connectivity index (χ1v) is 7.77. The van der Waals surface area contributed by atoms with Crippen molar-refractivity contribution < 1.29 is 14.6 Å². The largest absolute Gasteiger partial charge is 0.481 e. The molecule has 0 aliphatic carbocycles. The van der Waals surface area contributed by atoms with Crippen LogP contribution in [0, 0.1) is 6.92 Å². The Bertz CT molecular complexity index is 627. The van der Waals surface area contributed by atoms with Gasteiger partial charge in [-0.25, -0.2) is 9.97 Å². The summed E-state index contributed by atoms with van der Waals surface area (Å²) < 4.78 is 7.06. The number of hydrogen-bond acceptors (Lipinski definition) is 5. The number of hydrogen-bond donors (Lipinski definition) is 1. The maximum atomic E-state index is 10.8. The Hall–Kier alpha value is -1.60. The number of nitrogens with zero attached hydrogens (tertiary/aromatic N) is 3. The second-order valence-corrected chi connectivity index (χ2v) is 5.67. The number of aromatic nitrogens is 3. The van der Waals surface area contributed by atoms with Crippen LogP contribution in [0.3, 0.4) is 0 Å². The number of carboxylic acid groups (broad SMARTS) is 1. The van der Waals surface area contributed by atoms with E-state index in [1.165, 1.54) is 11.8 Å². The van der Waals surface area contributed by atoms with E-state index in [0.717, 1.165) is 42.7 Å². The van der Waals surface area contributed by atoms with E-state index in [4.69, 9.17) is 9.84 Å². The lowest BCUT2D eigenvalue weighted by Gasteiger charge is -2.07. The van der Waals surface area contributed by atoms with Crippen molar-refractivity contribution in [2.75, 3.05) is 19.5 Å². The third kappa shape index (κ3) is 3.95. The number of unbranched alkanes of at least 4 members (excludes halogenated alkanes) is 1. The number of aryl methyl sites for hydroxylation is 2. The van der Waals surface area contributed by atoms with Crippen molar-refractivity contribution in [1.82, 2.24) is 14.5 Å². The van der Waals surface area contributed by atoms with E-state index in [1.54, 1.807) is 13.3 Å². The minimum Gasteiger partial charge on any atom is -0.481 e. The second-order valence-electron chi connectivity index (χ2n) is 4.73. The van der Waals surface area contributed by atoms with Gasteiger partial charge in [-0.15, -0.1) is 0 Å². The lowest BCUT2D eigenvalue weighted by Crippen LogP contribution is -2.05. The molecule has 2 aromatic rings. The Kier molecular flexibility index (Phi) is 5.58. The Balaban J connectivity index is 2.26. The molecule has 21 heavy (non-hydrogen) atoms. The van der Waals surface area contributed by atoms with Gasteiger partial charge < -0.3 is 14.4 Å². The zero-order valence-electron chi connectivity index (χ0n) is 12.2. The van der Waals surface area contributed by atoms with Gasteiger partial charge >= 0.3 is 5.97 Å². The smallest absolute Gasteiger partial charge is 0.313 e. The second kappa shape index (κ2) is 7.42. The predicted octanol–water partition coefficient (Wildman–Crippen LogP) is 2.34. The number of fused-ring (bicyclic) bond motifs is 1. The third-order valence-electron chi connectivity index (χ3n) is 3.11.